The SMILES string of the molecule is CCN(CCCBr)c1nc2ccc([N+](=O)[O-])cc2[nH]1. The number of anilines is 1. The van der Waals surface area contributed by atoms with Crippen molar-refractivity contribution < 1.29 is 4.92 Å². The van der Waals surface area contributed by atoms with Gasteiger partial charge in [0.25, 0.3) is 5.69 Å². The summed E-state index contributed by atoms with van der Waals surface area (Å²) in [6.45, 7) is 3.79. The first-order valence-electron chi connectivity index (χ1n) is 6.10. The molecule has 0 aliphatic carbocycles. The molecule has 0 spiro atoms. The van der Waals surface area contributed by atoms with Gasteiger partial charge in [-0.3, -0.25) is 10.1 Å². The predicted octanol–water partition coefficient (Wildman–Crippen LogP) is 3.08. The Morgan fingerprint density at radius 1 is 1.53 bits per heavy atom. The molecule has 0 amide bonds. The first-order chi connectivity index (χ1) is 9.15. The van der Waals surface area contributed by atoms with E-state index in [0.717, 1.165) is 36.3 Å². The topological polar surface area (TPSA) is 75.1 Å². The van der Waals surface area contributed by atoms with E-state index >= 15 is 0 Å². The molecule has 6 nitrogen and oxygen atoms in total. The fourth-order valence-electron chi connectivity index (χ4n) is 1.91. The van der Waals surface area contributed by atoms with Crippen LogP contribution in [0.15, 0.2) is 18.2 Å². The third-order valence-electron chi connectivity index (χ3n) is 2.91. The number of hydrogen-bond acceptors (Lipinski definition) is 4. The lowest BCUT2D eigenvalue weighted by molar-refractivity contribution is -0.384. The molecule has 0 aliphatic heterocycles. The van der Waals surface area contributed by atoms with Crippen LogP contribution >= 0.6 is 15.9 Å². The normalized spacial score (nSPS) is 10.8. The van der Waals surface area contributed by atoms with Gasteiger partial charge in [-0.25, -0.2) is 4.98 Å². The first-order valence-corrected chi connectivity index (χ1v) is 7.23. The number of fused-ring (bicyclic) bond motifs is 1. The molecule has 1 heterocycles. The lowest BCUT2D eigenvalue weighted by Gasteiger charge is -2.18. The third kappa shape index (κ3) is 3.04. The van der Waals surface area contributed by atoms with E-state index in [-0.39, 0.29) is 5.69 Å². The smallest absolute Gasteiger partial charge is 0.271 e. The first kappa shape index (κ1) is 13.8. The molecule has 2 aromatic rings. The molecule has 0 saturated carbocycles. The molecule has 19 heavy (non-hydrogen) atoms. The Labute approximate surface area is 119 Å². The van der Waals surface area contributed by atoms with Crippen LogP contribution in [-0.4, -0.2) is 33.3 Å². The van der Waals surface area contributed by atoms with Crippen molar-refractivity contribution in [2.45, 2.75) is 13.3 Å². The van der Waals surface area contributed by atoms with Crippen molar-refractivity contribution in [3.05, 3.63) is 28.3 Å². The number of hydrogen-bond donors (Lipinski definition) is 1. The summed E-state index contributed by atoms with van der Waals surface area (Å²) in [4.78, 5) is 20.1. The van der Waals surface area contributed by atoms with Gasteiger partial charge < -0.3 is 9.88 Å². The van der Waals surface area contributed by atoms with Crippen LogP contribution < -0.4 is 4.90 Å². The van der Waals surface area contributed by atoms with Gasteiger partial charge in [0, 0.05) is 30.6 Å². The Bertz CT molecular complexity index is 584. The number of alkyl halides is 1. The lowest BCUT2D eigenvalue weighted by atomic mass is 10.3. The molecule has 0 atom stereocenters. The fraction of sp³-hybridized carbons (Fsp3) is 0.417. The molecule has 7 heteroatoms. The Morgan fingerprint density at radius 3 is 2.95 bits per heavy atom. The molecule has 0 fully saturated rings. The minimum Gasteiger partial charge on any atom is -0.343 e. The average molecular weight is 327 g/mol. The maximum atomic E-state index is 10.7. The van der Waals surface area contributed by atoms with Gasteiger partial charge in [-0.1, -0.05) is 15.9 Å². The van der Waals surface area contributed by atoms with E-state index in [2.05, 4.69) is 37.7 Å². The zero-order valence-electron chi connectivity index (χ0n) is 10.6. The van der Waals surface area contributed by atoms with Gasteiger partial charge in [0.15, 0.2) is 0 Å². The summed E-state index contributed by atoms with van der Waals surface area (Å²) in [5, 5.41) is 11.7. The summed E-state index contributed by atoms with van der Waals surface area (Å²) in [6.07, 6.45) is 1.02. The summed E-state index contributed by atoms with van der Waals surface area (Å²) >= 11 is 3.41. The monoisotopic (exact) mass is 326 g/mol. The zero-order chi connectivity index (χ0) is 13.8. The van der Waals surface area contributed by atoms with Gasteiger partial charge in [0.2, 0.25) is 5.95 Å². The van der Waals surface area contributed by atoms with E-state index in [1.54, 1.807) is 6.07 Å². The van der Waals surface area contributed by atoms with Crippen molar-refractivity contribution in [3.63, 3.8) is 0 Å². The van der Waals surface area contributed by atoms with Crippen LogP contribution in [0.1, 0.15) is 13.3 Å². The second-order valence-corrected chi connectivity index (χ2v) is 4.93. The molecule has 1 aromatic heterocycles. The largest absolute Gasteiger partial charge is 0.343 e. The fourth-order valence-corrected chi connectivity index (χ4v) is 2.16. The molecule has 0 aliphatic rings. The van der Waals surface area contributed by atoms with E-state index < -0.39 is 4.92 Å². The number of halogens is 1. The highest BCUT2D eigenvalue weighted by atomic mass is 79.9. The molecular weight excluding hydrogens is 312 g/mol. The number of nitrogens with one attached hydrogen (secondary N) is 1. The Kier molecular flexibility index (Phi) is 4.36. The number of aromatic amines is 1. The number of H-pyrrole nitrogens is 1. The highest BCUT2D eigenvalue weighted by Crippen LogP contribution is 2.22. The van der Waals surface area contributed by atoms with E-state index in [1.165, 1.54) is 12.1 Å². The van der Waals surface area contributed by atoms with Crippen molar-refractivity contribution in [1.29, 1.82) is 0 Å². The van der Waals surface area contributed by atoms with Crippen molar-refractivity contribution >= 4 is 38.6 Å². The maximum absolute atomic E-state index is 10.7. The number of nitro benzene ring substituents is 1. The van der Waals surface area contributed by atoms with Crippen molar-refractivity contribution in [1.82, 2.24) is 9.97 Å². The average Bonchev–Trinajstić information content (AvgIpc) is 2.82. The Hall–Kier alpha value is -1.63. The number of rotatable bonds is 6. The molecular formula is C12H15BrN4O2. The highest BCUT2D eigenvalue weighted by Gasteiger charge is 2.12. The molecule has 0 radical (unpaired) electrons. The second-order valence-electron chi connectivity index (χ2n) is 4.14. The molecule has 102 valence electrons. The van der Waals surface area contributed by atoms with Crippen molar-refractivity contribution in [3.8, 4) is 0 Å². The summed E-state index contributed by atoms with van der Waals surface area (Å²) in [7, 11) is 0. The summed E-state index contributed by atoms with van der Waals surface area (Å²) in [5.41, 5.74) is 1.52. The van der Waals surface area contributed by atoms with E-state index in [1.807, 2.05) is 0 Å². The third-order valence-corrected chi connectivity index (χ3v) is 3.47. The number of nitrogens with zero attached hydrogens (tertiary/aromatic N) is 3. The highest BCUT2D eigenvalue weighted by molar-refractivity contribution is 9.09. The van der Waals surface area contributed by atoms with Crippen LogP contribution in [0.2, 0.25) is 0 Å². The predicted molar refractivity (Wildman–Crippen MR) is 79.0 cm³/mol. The van der Waals surface area contributed by atoms with Crippen molar-refractivity contribution in [2.24, 2.45) is 0 Å². The number of imidazole rings is 1. The van der Waals surface area contributed by atoms with Gasteiger partial charge in [0.1, 0.15) is 0 Å². The van der Waals surface area contributed by atoms with E-state index in [4.69, 9.17) is 0 Å². The molecule has 0 bridgehead atoms. The number of benzene rings is 1. The Morgan fingerprint density at radius 2 is 2.32 bits per heavy atom. The molecule has 0 saturated heterocycles. The minimum atomic E-state index is -0.400. The van der Waals surface area contributed by atoms with Crippen LogP contribution in [-0.2, 0) is 0 Å². The van der Waals surface area contributed by atoms with Crippen LogP contribution in [0.5, 0.6) is 0 Å². The molecule has 1 aromatic carbocycles. The molecule has 1 N–H and O–H groups in total. The lowest BCUT2D eigenvalue weighted by Crippen LogP contribution is -2.25. The zero-order valence-corrected chi connectivity index (χ0v) is 12.2. The number of non-ortho nitro benzene ring substituents is 1. The van der Waals surface area contributed by atoms with E-state index in [0.29, 0.717) is 5.52 Å². The summed E-state index contributed by atoms with van der Waals surface area (Å²) in [5.74, 6) is 0.763. The minimum absolute atomic E-state index is 0.0752. The van der Waals surface area contributed by atoms with E-state index in [9.17, 15) is 10.1 Å². The van der Waals surface area contributed by atoms with Crippen LogP contribution in [0, 0.1) is 10.1 Å². The Balaban J connectivity index is 2.31. The van der Waals surface area contributed by atoms with Gasteiger partial charge in [-0.15, -0.1) is 0 Å². The van der Waals surface area contributed by atoms with Crippen molar-refractivity contribution in [2.75, 3.05) is 23.3 Å². The summed E-state index contributed by atoms with van der Waals surface area (Å²) in [6, 6.07) is 4.66. The number of nitro groups is 1. The van der Waals surface area contributed by atoms with Gasteiger partial charge in [-0.05, 0) is 19.4 Å². The molecule has 2 rings (SSSR count). The van der Waals surface area contributed by atoms with Gasteiger partial charge in [0.05, 0.1) is 16.0 Å². The number of aromatic nitrogens is 2. The van der Waals surface area contributed by atoms with Crippen LogP contribution in [0.3, 0.4) is 0 Å². The maximum Gasteiger partial charge on any atom is 0.271 e. The van der Waals surface area contributed by atoms with Gasteiger partial charge in [-0.2, -0.15) is 0 Å². The molecule has 0 unspecified atom stereocenters. The quantitative estimate of drug-likeness (QED) is 0.503. The standard InChI is InChI=1S/C12H15BrN4O2/c1-2-16(7-3-6-13)12-14-10-5-4-9(17(18)19)8-11(10)15-12/h4-5,8H,2-3,6-7H2,1H3,(H,14,15). The van der Waals surface area contributed by atoms with Crippen LogP contribution in [0.4, 0.5) is 11.6 Å². The van der Waals surface area contributed by atoms with Crippen LogP contribution in [0.25, 0.3) is 11.0 Å². The summed E-state index contributed by atoms with van der Waals surface area (Å²) < 4.78 is 0. The van der Waals surface area contributed by atoms with Gasteiger partial charge >= 0.3 is 0 Å². The second kappa shape index (κ2) is 6.01.